The van der Waals surface area contributed by atoms with Crippen LogP contribution in [0.2, 0.25) is 0 Å². The molecular formula is C28H36N4O2. The molecule has 3 N–H and O–H groups in total. The first-order chi connectivity index (χ1) is 16.7. The first-order valence-electron chi connectivity index (χ1n) is 12.6. The smallest absolute Gasteiger partial charge is 0.228 e. The van der Waals surface area contributed by atoms with E-state index in [1.54, 1.807) is 7.11 Å². The maximum Gasteiger partial charge on any atom is 0.228 e. The van der Waals surface area contributed by atoms with Crippen molar-refractivity contribution in [3.63, 3.8) is 0 Å². The monoisotopic (exact) mass is 460 g/mol. The first-order valence-corrected chi connectivity index (χ1v) is 12.6. The quantitative estimate of drug-likeness (QED) is 0.372. The van der Waals surface area contributed by atoms with Crippen LogP contribution < -0.4 is 11.1 Å². The molecule has 0 bridgehead atoms. The average molecular weight is 461 g/mol. The third-order valence-corrected chi connectivity index (χ3v) is 7.37. The number of amides is 1. The Labute approximate surface area is 202 Å². The Kier molecular flexibility index (Phi) is 6.88. The molecule has 6 nitrogen and oxygen atoms in total. The lowest BCUT2D eigenvalue weighted by atomic mass is 9.80. The molecule has 1 aliphatic heterocycles. The van der Waals surface area contributed by atoms with E-state index >= 15 is 0 Å². The maximum atomic E-state index is 14.0. The minimum Gasteiger partial charge on any atom is -0.399 e. The zero-order valence-corrected chi connectivity index (χ0v) is 20.1. The molecule has 0 radical (unpaired) electrons. The van der Waals surface area contributed by atoms with Crippen molar-refractivity contribution in [3.05, 3.63) is 65.9 Å². The highest BCUT2D eigenvalue weighted by atomic mass is 16.5. The standard InChI is InChI=1S/C28H36N4O2/c1-34-15-5-14-31-18-21(25-8-2-3-9-27(25)31)19-32(23-10-11-23)28(33)26-17-30-13-12-24(26)20-6-4-7-22(29)16-20/h2-4,6-9,16,18,23-24,26,30H,5,10-15,17,19,29H2,1H3/t24-,26+/m1/s1. The van der Waals surface area contributed by atoms with Crippen molar-refractivity contribution in [1.29, 1.82) is 0 Å². The van der Waals surface area contributed by atoms with Crippen LogP contribution in [0, 0.1) is 5.92 Å². The van der Waals surface area contributed by atoms with Crippen LogP contribution in [0.1, 0.15) is 42.7 Å². The predicted octanol–water partition coefficient (Wildman–Crippen LogP) is 4.14. The molecular weight excluding hydrogens is 424 g/mol. The number of piperidine rings is 1. The van der Waals surface area contributed by atoms with Gasteiger partial charge < -0.3 is 25.3 Å². The van der Waals surface area contributed by atoms with Gasteiger partial charge in [0.05, 0.1) is 5.92 Å². The van der Waals surface area contributed by atoms with Crippen LogP contribution in [-0.2, 0) is 22.6 Å². The summed E-state index contributed by atoms with van der Waals surface area (Å²) in [6, 6.07) is 17.0. The normalized spacial score (nSPS) is 20.5. The molecule has 1 amide bonds. The summed E-state index contributed by atoms with van der Waals surface area (Å²) in [7, 11) is 1.75. The topological polar surface area (TPSA) is 72.5 Å². The molecule has 1 aromatic heterocycles. The van der Waals surface area contributed by atoms with Gasteiger partial charge in [-0.1, -0.05) is 30.3 Å². The first kappa shape index (κ1) is 22.9. The van der Waals surface area contributed by atoms with E-state index < -0.39 is 0 Å². The average Bonchev–Trinajstić information content (AvgIpc) is 3.65. The van der Waals surface area contributed by atoms with E-state index in [2.05, 4.69) is 51.3 Å². The zero-order chi connectivity index (χ0) is 23.5. The molecule has 1 saturated heterocycles. The van der Waals surface area contributed by atoms with Crippen molar-refractivity contribution in [2.75, 3.05) is 32.5 Å². The number of nitrogens with two attached hydrogens (primary N) is 1. The number of nitrogens with one attached hydrogen (secondary N) is 1. The molecule has 6 heteroatoms. The fourth-order valence-electron chi connectivity index (χ4n) is 5.49. The van der Waals surface area contributed by atoms with Crippen LogP contribution in [0.15, 0.2) is 54.7 Å². The molecule has 1 saturated carbocycles. The van der Waals surface area contributed by atoms with Gasteiger partial charge in [0.2, 0.25) is 5.91 Å². The molecule has 2 fully saturated rings. The molecule has 2 aliphatic rings. The highest BCUT2D eigenvalue weighted by Gasteiger charge is 2.40. The highest BCUT2D eigenvalue weighted by Crippen LogP contribution is 2.37. The van der Waals surface area contributed by atoms with Gasteiger partial charge in [-0.3, -0.25) is 4.79 Å². The van der Waals surface area contributed by atoms with E-state index in [9.17, 15) is 4.79 Å². The summed E-state index contributed by atoms with van der Waals surface area (Å²) in [4.78, 5) is 16.2. The Morgan fingerprint density at radius 2 is 2.03 bits per heavy atom. The lowest BCUT2D eigenvalue weighted by Crippen LogP contribution is -2.47. The van der Waals surface area contributed by atoms with Gasteiger partial charge in [0, 0.05) is 62.2 Å². The van der Waals surface area contributed by atoms with Gasteiger partial charge in [0.15, 0.2) is 0 Å². The molecule has 1 aliphatic carbocycles. The van der Waals surface area contributed by atoms with E-state index in [1.165, 1.54) is 22.0 Å². The van der Waals surface area contributed by atoms with Crippen LogP contribution >= 0.6 is 0 Å². The van der Waals surface area contributed by atoms with Crippen LogP contribution in [0.3, 0.4) is 0 Å². The molecule has 0 unspecified atom stereocenters. The number of rotatable bonds is 9. The lowest BCUT2D eigenvalue weighted by Gasteiger charge is -2.35. The number of ether oxygens (including phenoxy) is 1. The second kappa shape index (κ2) is 10.2. The second-order valence-electron chi connectivity index (χ2n) is 9.78. The number of aryl methyl sites for hydroxylation is 1. The number of nitrogens with zero attached hydrogens (tertiary/aromatic N) is 2. The summed E-state index contributed by atoms with van der Waals surface area (Å²) >= 11 is 0. The van der Waals surface area contributed by atoms with Gasteiger partial charge >= 0.3 is 0 Å². The molecule has 2 aromatic carbocycles. The van der Waals surface area contributed by atoms with Crippen molar-refractivity contribution in [1.82, 2.24) is 14.8 Å². The van der Waals surface area contributed by atoms with Crippen LogP contribution in [-0.4, -0.2) is 48.2 Å². The molecule has 180 valence electrons. The summed E-state index contributed by atoms with van der Waals surface area (Å²) in [5, 5.41) is 4.72. The SMILES string of the molecule is COCCCn1cc(CN(C(=O)[C@H]2CNCC[C@@H]2c2cccc(N)c2)C2CC2)c2ccccc21. The number of benzene rings is 2. The molecule has 0 spiro atoms. The number of methoxy groups -OCH3 is 1. The fourth-order valence-corrected chi connectivity index (χ4v) is 5.49. The van der Waals surface area contributed by atoms with Crippen molar-refractivity contribution in [2.45, 2.75) is 50.7 Å². The number of para-hydroxylation sites is 1. The lowest BCUT2D eigenvalue weighted by molar-refractivity contribution is -0.138. The zero-order valence-electron chi connectivity index (χ0n) is 20.1. The van der Waals surface area contributed by atoms with Gasteiger partial charge in [0.1, 0.15) is 0 Å². The van der Waals surface area contributed by atoms with Gasteiger partial charge in [-0.15, -0.1) is 0 Å². The number of hydrogen-bond donors (Lipinski definition) is 2. The molecule has 34 heavy (non-hydrogen) atoms. The number of carbonyl (C=O) groups excluding carboxylic acids is 1. The minimum absolute atomic E-state index is 0.0637. The third kappa shape index (κ3) is 4.84. The van der Waals surface area contributed by atoms with Crippen molar-refractivity contribution >= 4 is 22.5 Å². The Morgan fingerprint density at radius 3 is 2.82 bits per heavy atom. The van der Waals surface area contributed by atoms with Gasteiger partial charge in [0.25, 0.3) is 0 Å². The molecule has 2 heterocycles. The third-order valence-electron chi connectivity index (χ3n) is 7.37. The maximum absolute atomic E-state index is 14.0. The Hall–Kier alpha value is -2.83. The summed E-state index contributed by atoms with van der Waals surface area (Å²) in [6.07, 6.45) is 6.37. The number of aromatic nitrogens is 1. The Morgan fingerprint density at radius 1 is 1.18 bits per heavy atom. The van der Waals surface area contributed by atoms with Crippen molar-refractivity contribution < 1.29 is 9.53 Å². The number of hydrogen-bond acceptors (Lipinski definition) is 4. The van der Waals surface area contributed by atoms with Crippen LogP contribution in [0.5, 0.6) is 0 Å². The largest absolute Gasteiger partial charge is 0.399 e. The number of carbonyl (C=O) groups is 1. The summed E-state index contributed by atoms with van der Waals surface area (Å²) in [5.41, 5.74) is 10.5. The summed E-state index contributed by atoms with van der Waals surface area (Å²) in [6.45, 7) is 3.98. The van der Waals surface area contributed by atoms with Crippen molar-refractivity contribution in [2.24, 2.45) is 5.92 Å². The Bertz CT molecular complexity index is 1140. The van der Waals surface area contributed by atoms with E-state index in [4.69, 9.17) is 10.5 Å². The molecule has 3 aromatic rings. The molecule has 2 atom stereocenters. The molecule has 5 rings (SSSR count). The highest BCUT2D eigenvalue weighted by molar-refractivity contribution is 5.85. The fraction of sp³-hybridized carbons (Fsp3) is 0.464. The van der Waals surface area contributed by atoms with Gasteiger partial charge in [-0.05, 0) is 67.5 Å². The van der Waals surface area contributed by atoms with Crippen LogP contribution in [0.4, 0.5) is 5.69 Å². The van der Waals surface area contributed by atoms with Crippen molar-refractivity contribution in [3.8, 4) is 0 Å². The van der Waals surface area contributed by atoms with E-state index in [0.717, 1.165) is 57.6 Å². The Balaban J connectivity index is 1.41. The number of nitrogen functional groups attached to an aromatic ring is 1. The summed E-state index contributed by atoms with van der Waals surface area (Å²) < 4.78 is 7.58. The predicted molar refractivity (Wildman–Crippen MR) is 137 cm³/mol. The minimum atomic E-state index is -0.0637. The van der Waals surface area contributed by atoms with Crippen LogP contribution in [0.25, 0.3) is 10.9 Å². The van der Waals surface area contributed by atoms with Gasteiger partial charge in [-0.2, -0.15) is 0 Å². The second-order valence-corrected chi connectivity index (χ2v) is 9.78. The number of anilines is 1. The van der Waals surface area contributed by atoms with E-state index in [1.807, 2.05) is 18.2 Å². The summed E-state index contributed by atoms with van der Waals surface area (Å²) in [5.74, 6) is 0.415. The van der Waals surface area contributed by atoms with E-state index in [-0.39, 0.29) is 17.7 Å². The van der Waals surface area contributed by atoms with Gasteiger partial charge in [-0.25, -0.2) is 0 Å². The number of fused-ring (bicyclic) bond motifs is 1. The van der Waals surface area contributed by atoms with E-state index in [0.29, 0.717) is 12.6 Å².